The van der Waals surface area contributed by atoms with E-state index in [1.807, 2.05) is 6.92 Å². The smallest absolute Gasteiger partial charge is 0.356 e. The highest BCUT2D eigenvalue weighted by Gasteiger charge is 2.28. The van der Waals surface area contributed by atoms with Gasteiger partial charge in [-0.2, -0.15) is 5.10 Å². The molecular weight excluding hydrogens is 308 g/mol. The van der Waals surface area contributed by atoms with Crippen molar-refractivity contribution in [1.82, 2.24) is 9.78 Å². The van der Waals surface area contributed by atoms with Crippen molar-refractivity contribution in [2.75, 3.05) is 7.11 Å². The van der Waals surface area contributed by atoms with Gasteiger partial charge in [0.15, 0.2) is 5.69 Å². The normalized spacial score (nSPS) is 17.1. The summed E-state index contributed by atoms with van der Waals surface area (Å²) in [5.41, 5.74) is 2.20. The third kappa shape index (κ3) is 2.44. The van der Waals surface area contributed by atoms with Crippen LogP contribution in [0.1, 0.15) is 28.7 Å². The molecule has 0 saturated carbocycles. The van der Waals surface area contributed by atoms with Gasteiger partial charge in [0, 0.05) is 18.1 Å². The van der Waals surface area contributed by atoms with Crippen molar-refractivity contribution in [1.29, 1.82) is 0 Å². The molecule has 22 heavy (non-hydrogen) atoms. The number of aromatic carboxylic acids is 1. The van der Waals surface area contributed by atoms with E-state index in [1.54, 1.807) is 22.9 Å². The molecule has 1 aliphatic heterocycles. The number of rotatable bonds is 3. The Kier molecular flexibility index (Phi) is 3.80. The molecule has 1 aromatic heterocycles. The summed E-state index contributed by atoms with van der Waals surface area (Å²) < 4.78 is 12.4. The second kappa shape index (κ2) is 5.62. The van der Waals surface area contributed by atoms with Crippen LogP contribution in [0, 0.1) is 0 Å². The van der Waals surface area contributed by atoms with Crippen LogP contribution in [0.15, 0.2) is 18.2 Å². The minimum atomic E-state index is -1.06. The van der Waals surface area contributed by atoms with Gasteiger partial charge >= 0.3 is 5.97 Å². The van der Waals surface area contributed by atoms with E-state index in [2.05, 4.69) is 5.10 Å². The fourth-order valence-electron chi connectivity index (χ4n) is 2.57. The lowest BCUT2D eigenvalue weighted by Gasteiger charge is -2.21. The van der Waals surface area contributed by atoms with E-state index in [4.69, 9.17) is 21.1 Å². The Labute approximate surface area is 132 Å². The first kappa shape index (κ1) is 14.9. The van der Waals surface area contributed by atoms with E-state index >= 15 is 0 Å². The van der Waals surface area contributed by atoms with Crippen molar-refractivity contribution in [2.45, 2.75) is 26.1 Å². The number of nitrogens with zero attached hydrogens (tertiary/aromatic N) is 2. The number of benzene rings is 1. The Morgan fingerprint density at radius 3 is 3.00 bits per heavy atom. The Morgan fingerprint density at radius 2 is 2.32 bits per heavy atom. The maximum atomic E-state index is 11.4. The Balaban J connectivity index is 2.16. The summed E-state index contributed by atoms with van der Waals surface area (Å²) in [4.78, 5) is 11.4. The Morgan fingerprint density at radius 1 is 1.55 bits per heavy atom. The zero-order chi connectivity index (χ0) is 15.9. The van der Waals surface area contributed by atoms with E-state index in [0.29, 0.717) is 28.4 Å². The quantitative estimate of drug-likeness (QED) is 0.940. The van der Waals surface area contributed by atoms with E-state index in [0.717, 1.165) is 5.69 Å². The summed E-state index contributed by atoms with van der Waals surface area (Å²) in [6.45, 7) is 2.20. The number of hydrogen-bond donors (Lipinski definition) is 1. The van der Waals surface area contributed by atoms with Crippen molar-refractivity contribution in [3.05, 3.63) is 40.2 Å². The number of carboxylic acid groups (broad SMARTS) is 1. The van der Waals surface area contributed by atoms with Crippen LogP contribution in [0.4, 0.5) is 0 Å². The number of ether oxygens (including phenoxy) is 2. The van der Waals surface area contributed by atoms with Crippen LogP contribution in [-0.2, 0) is 17.8 Å². The lowest BCUT2D eigenvalue weighted by Crippen LogP contribution is -2.21. The summed E-state index contributed by atoms with van der Waals surface area (Å²) >= 11 is 6.04. The largest absolute Gasteiger partial charge is 0.495 e. The van der Waals surface area contributed by atoms with Gasteiger partial charge in [0.2, 0.25) is 0 Å². The Hall–Kier alpha value is -2.05. The molecule has 0 radical (unpaired) electrons. The van der Waals surface area contributed by atoms with Crippen molar-refractivity contribution in [3.63, 3.8) is 0 Å². The van der Waals surface area contributed by atoms with Gasteiger partial charge in [0.05, 0.1) is 36.2 Å². The number of carbonyl (C=O) groups is 1. The molecule has 1 aliphatic rings. The molecule has 6 nitrogen and oxygen atoms in total. The molecule has 7 heteroatoms. The molecule has 116 valence electrons. The summed E-state index contributed by atoms with van der Waals surface area (Å²) in [6.07, 6.45) is 0.611. The molecule has 2 heterocycles. The molecule has 1 N–H and O–H groups in total. The zero-order valence-electron chi connectivity index (χ0n) is 12.2. The van der Waals surface area contributed by atoms with Gasteiger partial charge in [-0.25, -0.2) is 9.48 Å². The molecule has 0 fully saturated rings. The summed E-state index contributed by atoms with van der Waals surface area (Å²) in [5, 5.41) is 14.1. The number of hydrogen-bond acceptors (Lipinski definition) is 4. The number of carboxylic acids is 1. The molecule has 0 bridgehead atoms. The third-order valence-corrected chi connectivity index (χ3v) is 3.98. The Bertz CT molecular complexity index is 741. The fraction of sp³-hybridized carbons (Fsp3) is 0.333. The average Bonchev–Trinajstić information content (AvgIpc) is 2.86. The van der Waals surface area contributed by atoms with Crippen LogP contribution in [0.25, 0.3) is 5.69 Å². The lowest BCUT2D eigenvalue weighted by molar-refractivity contribution is 0.0384. The van der Waals surface area contributed by atoms with Crippen LogP contribution in [0.2, 0.25) is 5.02 Å². The minimum absolute atomic E-state index is 0.0128. The van der Waals surface area contributed by atoms with Gasteiger partial charge in [-0.15, -0.1) is 0 Å². The minimum Gasteiger partial charge on any atom is -0.495 e. The molecule has 0 saturated heterocycles. The van der Waals surface area contributed by atoms with Gasteiger partial charge < -0.3 is 14.6 Å². The molecule has 3 rings (SSSR count). The van der Waals surface area contributed by atoms with Crippen LogP contribution >= 0.6 is 11.6 Å². The molecule has 0 spiro atoms. The maximum Gasteiger partial charge on any atom is 0.356 e. The number of fused-ring (bicyclic) bond motifs is 1. The van der Waals surface area contributed by atoms with Gasteiger partial charge in [-0.1, -0.05) is 11.6 Å². The summed E-state index contributed by atoms with van der Waals surface area (Å²) in [5.74, 6) is -0.547. The number of halogens is 1. The van der Waals surface area contributed by atoms with Crippen LogP contribution in [0.5, 0.6) is 5.75 Å². The second-order valence-electron chi connectivity index (χ2n) is 5.14. The third-order valence-electron chi connectivity index (χ3n) is 3.66. The molecular formula is C15H15ClN2O4. The number of aromatic nitrogens is 2. The average molecular weight is 323 g/mol. The highest BCUT2D eigenvalue weighted by Crippen LogP contribution is 2.30. The molecule has 1 unspecified atom stereocenters. The first-order valence-corrected chi connectivity index (χ1v) is 7.18. The summed E-state index contributed by atoms with van der Waals surface area (Å²) in [6, 6.07) is 5.22. The molecule has 0 amide bonds. The van der Waals surface area contributed by atoms with Gasteiger partial charge in [-0.3, -0.25) is 0 Å². The van der Waals surface area contributed by atoms with E-state index in [9.17, 15) is 9.90 Å². The molecule has 0 aliphatic carbocycles. The van der Waals surface area contributed by atoms with Crippen LogP contribution < -0.4 is 4.74 Å². The monoisotopic (exact) mass is 322 g/mol. The topological polar surface area (TPSA) is 73.6 Å². The fourth-order valence-corrected chi connectivity index (χ4v) is 2.76. The second-order valence-corrected chi connectivity index (χ2v) is 5.54. The predicted octanol–water partition coefficient (Wildman–Crippen LogP) is 2.69. The first-order valence-electron chi connectivity index (χ1n) is 6.81. The summed E-state index contributed by atoms with van der Waals surface area (Å²) in [7, 11) is 1.53. The zero-order valence-corrected chi connectivity index (χ0v) is 12.9. The highest BCUT2D eigenvalue weighted by molar-refractivity contribution is 6.32. The van der Waals surface area contributed by atoms with Gasteiger partial charge in [-0.05, 0) is 19.1 Å². The van der Waals surface area contributed by atoms with Crippen molar-refractivity contribution in [3.8, 4) is 11.4 Å². The van der Waals surface area contributed by atoms with Crippen LogP contribution in [-0.4, -0.2) is 34.1 Å². The van der Waals surface area contributed by atoms with Crippen molar-refractivity contribution in [2.24, 2.45) is 0 Å². The molecule has 2 aromatic rings. The number of methoxy groups -OCH3 is 1. The van der Waals surface area contributed by atoms with E-state index in [-0.39, 0.29) is 18.4 Å². The maximum absolute atomic E-state index is 11.4. The first-order chi connectivity index (χ1) is 10.5. The lowest BCUT2D eigenvalue weighted by atomic mass is 10.1. The van der Waals surface area contributed by atoms with E-state index in [1.165, 1.54) is 7.11 Å². The van der Waals surface area contributed by atoms with Crippen LogP contribution in [0.3, 0.4) is 0 Å². The van der Waals surface area contributed by atoms with E-state index < -0.39 is 5.97 Å². The predicted molar refractivity (Wildman–Crippen MR) is 80.0 cm³/mol. The molecule has 1 aromatic carbocycles. The van der Waals surface area contributed by atoms with Crippen molar-refractivity contribution >= 4 is 17.6 Å². The van der Waals surface area contributed by atoms with Gasteiger partial charge in [0.25, 0.3) is 0 Å². The van der Waals surface area contributed by atoms with Crippen molar-refractivity contribution < 1.29 is 19.4 Å². The van der Waals surface area contributed by atoms with Gasteiger partial charge in [0.1, 0.15) is 5.75 Å². The highest BCUT2D eigenvalue weighted by atomic mass is 35.5. The molecule has 1 atom stereocenters. The SMILES string of the molecule is COc1cc(-n2nc(C(=O)O)c3c2CC(C)OC3)ccc1Cl. The standard InChI is InChI=1S/C15H15ClN2O4/c1-8-5-12-10(7-22-8)14(15(19)20)17-18(12)9-3-4-11(16)13(6-9)21-2/h3-4,6,8H,5,7H2,1-2H3,(H,19,20).